The average Bonchev–Trinajstić information content (AvgIpc) is 3.36. The maximum absolute atomic E-state index is 4.77. The molecule has 3 N–H and O–H groups in total. The van der Waals surface area contributed by atoms with Crippen molar-refractivity contribution < 1.29 is 0 Å². The third-order valence-corrected chi connectivity index (χ3v) is 6.19. The van der Waals surface area contributed by atoms with Crippen molar-refractivity contribution in [3.8, 4) is 0 Å². The Balaban J connectivity index is 1.41. The molecule has 0 spiro atoms. The quantitative estimate of drug-likeness (QED) is 0.439. The van der Waals surface area contributed by atoms with Crippen LogP contribution in [0.2, 0.25) is 0 Å². The van der Waals surface area contributed by atoms with Crippen LogP contribution >= 0.6 is 11.3 Å². The van der Waals surface area contributed by atoms with Gasteiger partial charge in [0.05, 0.1) is 21.9 Å². The van der Waals surface area contributed by atoms with E-state index in [0.29, 0.717) is 5.95 Å². The molecule has 3 heterocycles. The van der Waals surface area contributed by atoms with Crippen molar-refractivity contribution in [1.29, 1.82) is 0 Å². The summed E-state index contributed by atoms with van der Waals surface area (Å²) in [5, 5.41) is 17.2. The van der Waals surface area contributed by atoms with E-state index in [-0.39, 0.29) is 0 Å². The van der Waals surface area contributed by atoms with Crippen LogP contribution in [0.25, 0.3) is 21.1 Å². The normalized spacial score (nSPS) is 15.4. The van der Waals surface area contributed by atoms with E-state index >= 15 is 0 Å². The van der Waals surface area contributed by atoms with Gasteiger partial charge in [-0.3, -0.25) is 5.10 Å². The number of hydrogen-bond acceptors (Lipinski definition) is 6. The minimum absolute atomic E-state index is 0.707. The maximum atomic E-state index is 4.77. The number of nitrogens with one attached hydrogen (secondary N) is 3. The summed E-state index contributed by atoms with van der Waals surface area (Å²) < 4.78 is 1.07. The summed E-state index contributed by atoms with van der Waals surface area (Å²) in [4.78, 5) is 9.47. The van der Waals surface area contributed by atoms with Gasteiger partial charge in [-0.2, -0.15) is 10.1 Å². The number of rotatable bonds is 5. The zero-order valence-corrected chi connectivity index (χ0v) is 15.9. The number of nitrogens with zero attached hydrogens (tertiary/aromatic N) is 3. The van der Waals surface area contributed by atoms with Crippen molar-refractivity contribution in [2.45, 2.75) is 32.1 Å². The summed E-state index contributed by atoms with van der Waals surface area (Å²) in [6, 6.07) is 8.20. The van der Waals surface area contributed by atoms with E-state index < -0.39 is 0 Å². The molecule has 4 aromatic rings. The van der Waals surface area contributed by atoms with Gasteiger partial charge in [0.15, 0.2) is 5.82 Å². The zero-order valence-electron chi connectivity index (χ0n) is 15.0. The van der Waals surface area contributed by atoms with Crippen LogP contribution in [0.5, 0.6) is 0 Å². The molecule has 0 unspecified atom stereocenters. The SMILES string of the molecule is c1cc2nc(NCC3CCCCC3)nc(Nc3ccc4[nH]ncc4c3)c2s1. The van der Waals surface area contributed by atoms with Gasteiger partial charge in [0.25, 0.3) is 0 Å². The van der Waals surface area contributed by atoms with Gasteiger partial charge in [-0.15, -0.1) is 11.3 Å². The maximum Gasteiger partial charge on any atom is 0.225 e. The summed E-state index contributed by atoms with van der Waals surface area (Å²) in [7, 11) is 0. The fraction of sp³-hybridized carbons (Fsp3) is 0.350. The number of fused-ring (bicyclic) bond motifs is 2. The minimum atomic E-state index is 0.707. The lowest BCUT2D eigenvalue weighted by Gasteiger charge is -2.21. The first-order valence-electron chi connectivity index (χ1n) is 9.54. The first-order chi connectivity index (χ1) is 13.3. The van der Waals surface area contributed by atoms with E-state index in [1.165, 1.54) is 32.1 Å². The van der Waals surface area contributed by atoms with Crippen molar-refractivity contribution in [3.05, 3.63) is 35.8 Å². The highest BCUT2D eigenvalue weighted by Gasteiger charge is 2.15. The highest BCUT2D eigenvalue weighted by Crippen LogP contribution is 2.31. The van der Waals surface area contributed by atoms with Gasteiger partial charge in [-0.25, -0.2) is 4.98 Å². The molecule has 3 aromatic heterocycles. The molecular weight excluding hydrogens is 356 g/mol. The number of thiophene rings is 1. The summed E-state index contributed by atoms with van der Waals surface area (Å²) in [5.74, 6) is 2.29. The van der Waals surface area contributed by atoms with Crippen LogP contribution in [0, 0.1) is 5.92 Å². The van der Waals surface area contributed by atoms with E-state index in [9.17, 15) is 0 Å². The smallest absolute Gasteiger partial charge is 0.225 e. The van der Waals surface area contributed by atoms with E-state index in [4.69, 9.17) is 9.97 Å². The summed E-state index contributed by atoms with van der Waals surface area (Å²) in [6.45, 7) is 0.954. The molecule has 27 heavy (non-hydrogen) atoms. The number of H-pyrrole nitrogens is 1. The molecule has 1 fully saturated rings. The van der Waals surface area contributed by atoms with Gasteiger partial charge in [0, 0.05) is 17.6 Å². The molecular formula is C20H22N6S. The monoisotopic (exact) mass is 378 g/mol. The van der Waals surface area contributed by atoms with Crippen molar-refractivity contribution in [3.63, 3.8) is 0 Å². The summed E-state index contributed by atoms with van der Waals surface area (Å²) >= 11 is 1.66. The predicted octanol–water partition coefficient (Wildman–Crippen LogP) is 5.30. The lowest BCUT2D eigenvalue weighted by Crippen LogP contribution is -2.18. The molecule has 6 nitrogen and oxygen atoms in total. The van der Waals surface area contributed by atoms with Crippen molar-refractivity contribution >= 4 is 49.9 Å². The molecule has 0 atom stereocenters. The van der Waals surface area contributed by atoms with Crippen molar-refractivity contribution in [2.24, 2.45) is 5.92 Å². The summed E-state index contributed by atoms with van der Waals surface area (Å²) in [6.07, 6.45) is 8.52. The fourth-order valence-electron chi connectivity index (χ4n) is 3.81. The lowest BCUT2D eigenvalue weighted by molar-refractivity contribution is 0.373. The first-order valence-corrected chi connectivity index (χ1v) is 10.4. The molecule has 1 aliphatic carbocycles. The molecule has 1 aromatic carbocycles. The third kappa shape index (κ3) is 3.47. The Morgan fingerprint density at radius 2 is 2.04 bits per heavy atom. The van der Waals surface area contributed by atoms with Crippen LogP contribution < -0.4 is 10.6 Å². The highest BCUT2D eigenvalue weighted by molar-refractivity contribution is 7.17. The predicted molar refractivity (Wildman–Crippen MR) is 112 cm³/mol. The zero-order chi connectivity index (χ0) is 18.1. The fourth-order valence-corrected chi connectivity index (χ4v) is 4.59. The second-order valence-corrected chi connectivity index (χ2v) is 8.13. The van der Waals surface area contributed by atoms with E-state index in [1.54, 1.807) is 11.3 Å². The van der Waals surface area contributed by atoms with Crippen LogP contribution in [0.3, 0.4) is 0 Å². The standard InChI is InChI=1S/C20H22N6S/c1-2-4-13(5-3-1)11-21-20-24-17-8-9-27-18(17)19(25-20)23-15-6-7-16-14(10-15)12-22-26-16/h6-10,12-13H,1-5,11H2,(H,22,26)(H2,21,23,24,25). The topological polar surface area (TPSA) is 78.5 Å². The largest absolute Gasteiger partial charge is 0.354 e. The van der Waals surface area contributed by atoms with Crippen LogP contribution in [0.15, 0.2) is 35.8 Å². The summed E-state index contributed by atoms with van der Waals surface area (Å²) in [5.41, 5.74) is 3.00. The van der Waals surface area contributed by atoms with Gasteiger partial charge in [-0.05, 0) is 48.4 Å². The van der Waals surface area contributed by atoms with Gasteiger partial charge in [0.1, 0.15) is 0 Å². The number of anilines is 3. The minimum Gasteiger partial charge on any atom is -0.354 e. The molecule has 0 saturated heterocycles. The molecule has 0 bridgehead atoms. The van der Waals surface area contributed by atoms with Gasteiger partial charge < -0.3 is 10.6 Å². The first kappa shape index (κ1) is 16.5. The Morgan fingerprint density at radius 1 is 1.11 bits per heavy atom. The molecule has 138 valence electrons. The van der Waals surface area contributed by atoms with Gasteiger partial charge in [-0.1, -0.05) is 19.3 Å². The van der Waals surface area contributed by atoms with Gasteiger partial charge >= 0.3 is 0 Å². The van der Waals surface area contributed by atoms with Crippen LogP contribution in [0.1, 0.15) is 32.1 Å². The lowest BCUT2D eigenvalue weighted by atomic mass is 9.89. The number of benzene rings is 1. The Morgan fingerprint density at radius 3 is 2.96 bits per heavy atom. The van der Waals surface area contributed by atoms with E-state index in [2.05, 4.69) is 38.3 Å². The van der Waals surface area contributed by atoms with Crippen LogP contribution in [0.4, 0.5) is 17.5 Å². The van der Waals surface area contributed by atoms with Crippen molar-refractivity contribution in [2.75, 3.05) is 17.2 Å². The highest BCUT2D eigenvalue weighted by atomic mass is 32.1. The van der Waals surface area contributed by atoms with Crippen LogP contribution in [-0.4, -0.2) is 26.7 Å². The molecule has 5 rings (SSSR count). The Bertz CT molecular complexity index is 1060. The number of aromatic nitrogens is 4. The molecule has 7 heteroatoms. The molecule has 0 amide bonds. The molecule has 0 radical (unpaired) electrons. The molecule has 0 aliphatic heterocycles. The average molecular weight is 379 g/mol. The number of hydrogen-bond donors (Lipinski definition) is 3. The third-order valence-electron chi connectivity index (χ3n) is 5.28. The molecule has 1 saturated carbocycles. The van der Waals surface area contributed by atoms with E-state index in [0.717, 1.165) is 45.1 Å². The molecule has 1 aliphatic rings. The number of aromatic amines is 1. The second-order valence-electron chi connectivity index (χ2n) is 7.21. The Labute approximate surface area is 161 Å². The van der Waals surface area contributed by atoms with Gasteiger partial charge in [0.2, 0.25) is 5.95 Å². The van der Waals surface area contributed by atoms with E-state index in [1.807, 2.05) is 18.3 Å². The second kappa shape index (κ2) is 7.15. The van der Waals surface area contributed by atoms with Crippen LogP contribution in [-0.2, 0) is 0 Å². The Hall–Kier alpha value is -2.67. The van der Waals surface area contributed by atoms with Crippen molar-refractivity contribution in [1.82, 2.24) is 20.2 Å². The Kier molecular flexibility index (Phi) is 4.37.